The molecule has 1 aliphatic heterocycles. The number of rotatable bonds is 8. The number of hydrogen-bond donors (Lipinski definition) is 1. The molecule has 1 amide bonds. The number of likely N-dealkylation sites (N-methyl/N-ethyl adjacent to an activating group) is 1. The minimum absolute atomic E-state index is 0.00132. The summed E-state index contributed by atoms with van der Waals surface area (Å²) in [4.78, 5) is 16.8. The predicted octanol–water partition coefficient (Wildman–Crippen LogP) is 2.10. The third-order valence-electron chi connectivity index (χ3n) is 4.36. The van der Waals surface area contributed by atoms with Crippen LogP contribution in [0.1, 0.15) is 53.4 Å². The number of amides is 1. The van der Waals surface area contributed by atoms with Crippen LogP contribution in [0.4, 0.5) is 0 Å². The topological polar surface area (TPSA) is 35.6 Å². The maximum Gasteiger partial charge on any atom is 0.239 e. The van der Waals surface area contributed by atoms with Gasteiger partial charge in [0, 0.05) is 25.7 Å². The molecule has 118 valence electrons. The Balaban J connectivity index is 2.60. The Kier molecular flexibility index (Phi) is 8.15. The molecule has 0 aliphatic carbocycles. The van der Waals surface area contributed by atoms with Crippen LogP contribution < -0.4 is 5.32 Å². The van der Waals surface area contributed by atoms with Crippen LogP contribution >= 0.6 is 0 Å². The predicted molar refractivity (Wildman–Crippen MR) is 84.9 cm³/mol. The largest absolute Gasteiger partial charge is 0.342 e. The van der Waals surface area contributed by atoms with Crippen LogP contribution in [-0.2, 0) is 4.79 Å². The van der Waals surface area contributed by atoms with Gasteiger partial charge in [0.2, 0.25) is 5.91 Å². The Morgan fingerprint density at radius 2 is 1.95 bits per heavy atom. The molecule has 1 heterocycles. The van der Waals surface area contributed by atoms with Crippen molar-refractivity contribution in [3.05, 3.63) is 0 Å². The standard InChI is InChI=1S/C16H33N3O/c1-5-12-19(13-15-10-8-9-11-17-15)14(4)16(20)18(6-2)7-3/h14-15,17H,5-13H2,1-4H3. The van der Waals surface area contributed by atoms with Crippen molar-refractivity contribution >= 4 is 5.91 Å². The lowest BCUT2D eigenvalue weighted by molar-refractivity contribution is -0.136. The normalized spacial score (nSPS) is 20.9. The van der Waals surface area contributed by atoms with Gasteiger partial charge in [-0.15, -0.1) is 0 Å². The summed E-state index contributed by atoms with van der Waals surface area (Å²) >= 11 is 0. The van der Waals surface area contributed by atoms with E-state index in [4.69, 9.17) is 0 Å². The van der Waals surface area contributed by atoms with E-state index in [9.17, 15) is 4.79 Å². The summed E-state index contributed by atoms with van der Waals surface area (Å²) in [5.74, 6) is 0.277. The Labute approximate surface area is 124 Å². The molecule has 0 spiro atoms. The Morgan fingerprint density at radius 1 is 1.25 bits per heavy atom. The minimum atomic E-state index is -0.00132. The maximum atomic E-state index is 12.5. The van der Waals surface area contributed by atoms with Gasteiger partial charge in [-0.25, -0.2) is 0 Å². The first-order valence-corrected chi connectivity index (χ1v) is 8.40. The van der Waals surface area contributed by atoms with Crippen LogP contribution in [0.25, 0.3) is 0 Å². The molecule has 1 fully saturated rings. The van der Waals surface area contributed by atoms with Crippen molar-refractivity contribution in [3.63, 3.8) is 0 Å². The van der Waals surface area contributed by atoms with Gasteiger partial charge in [0.15, 0.2) is 0 Å². The van der Waals surface area contributed by atoms with Gasteiger partial charge in [-0.05, 0) is 53.1 Å². The van der Waals surface area contributed by atoms with E-state index in [2.05, 4.69) is 37.9 Å². The van der Waals surface area contributed by atoms with Crippen molar-refractivity contribution in [2.75, 3.05) is 32.7 Å². The van der Waals surface area contributed by atoms with Gasteiger partial charge in [0.1, 0.15) is 0 Å². The quantitative estimate of drug-likeness (QED) is 0.741. The van der Waals surface area contributed by atoms with Crippen molar-refractivity contribution in [2.45, 2.75) is 65.5 Å². The highest BCUT2D eigenvalue weighted by molar-refractivity contribution is 5.81. The lowest BCUT2D eigenvalue weighted by atomic mass is 10.0. The zero-order valence-electron chi connectivity index (χ0n) is 13.8. The van der Waals surface area contributed by atoms with E-state index in [1.54, 1.807) is 0 Å². The van der Waals surface area contributed by atoms with Crippen molar-refractivity contribution in [3.8, 4) is 0 Å². The summed E-state index contributed by atoms with van der Waals surface area (Å²) in [5.41, 5.74) is 0. The molecular formula is C16H33N3O. The van der Waals surface area contributed by atoms with Crippen molar-refractivity contribution in [2.24, 2.45) is 0 Å². The van der Waals surface area contributed by atoms with Gasteiger partial charge in [0.25, 0.3) is 0 Å². The second-order valence-electron chi connectivity index (χ2n) is 5.83. The number of piperidine rings is 1. The second kappa shape index (κ2) is 9.35. The Bertz CT molecular complexity index is 273. The highest BCUT2D eigenvalue weighted by Crippen LogP contribution is 2.12. The molecule has 1 aliphatic rings. The summed E-state index contributed by atoms with van der Waals surface area (Å²) in [6.45, 7) is 13.1. The first-order chi connectivity index (χ1) is 9.63. The first-order valence-electron chi connectivity index (χ1n) is 8.40. The zero-order chi connectivity index (χ0) is 15.0. The molecule has 1 N–H and O–H groups in total. The molecule has 2 atom stereocenters. The van der Waals surface area contributed by atoms with E-state index >= 15 is 0 Å². The summed E-state index contributed by atoms with van der Waals surface area (Å²) < 4.78 is 0. The van der Waals surface area contributed by atoms with Gasteiger partial charge in [-0.1, -0.05) is 13.3 Å². The minimum Gasteiger partial charge on any atom is -0.342 e. The fourth-order valence-corrected chi connectivity index (χ4v) is 3.05. The van der Waals surface area contributed by atoms with Crippen LogP contribution in [0.15, 0.2) is 0 Å². The number of nitrogens with one attached hydrogen (secondary N) is 1. The molecule has 0 aromatic heterocycles. The first kappa shape index (κ1) is 17.4. The smallest absolute Gasteiger partial charge is 0.239 e. The maximum absolute atomic E-state index is 12.5. The third-order valence-corrected chi connectivity index (χ3v) is 4.36. The molecule has 2 unspecified atom stereocenters. The Morgan fingerprint density at radius 3 is 2.45 bits per heavy atom. The van der Waals surface area contributed by atoms with Gasteiger partial charge in [0.05, 0.1) is 6.04 Å². The van der Waals surface area contributed by atoms with Gasteiger partial charge >= 0.3 is 0 Å². The van der Waals surface area contributed by atoms with Gasteiger partial charge in [-0.3, -0.25) is 9.69 Å². The van der Waals surface area contributed by atoms with Gasteiger partial charge in [-0.2, -0.15) is 0 Å². The van der Waals surface area contributed by atoms with Crippen LogP contribution in [-0.4, -0.2) is 60.5 Å². The molecule has 4 heteroatoms. The fraction of sp³-hybridized carbons (Fsp3) is 0.938. The molecule has 0 aromatic rings. The number of nitrogens with zero attached hydrogens (tertiary/aromatic N) is 2. The van der Waals surface area contributed by atoms with E-state index in [0.29, 0.717) is 6.04 Å². The summed E-state index contributed by atoms with van der Waals surface area (Å²) in [6.07, 6.45) is 4.95. The monoisotopic (exact) mass is 283 g/mol. The lowest BCUT2D eigenvalue weighted by Crippen LogP contribution is -2.52. The average Bonchev–Trinajstić information content (AvgIpc) is 2.48. The summed E-state index contributed by atoms with van der Waals surface area (Å²) in [7, 11) is 0. The van der Waals surface area contributed by atoms with Gasteiger partial charge < -0.3 is 10.2 Å². The number of hydrogen-bond acceptors (Lipinski definition) is 3. The zero-order valence-corrected chi connectivity index (χ0v) is 13.8. The third kappa shape index (κ3) is 5.06. The lowest BCUT2D eigenvalue weighted by Gasteiger charge is -2.35. The molecule has 0 bridgehead atoms. The number of carbonyl (C=O) groups excluding carboxylic acids is 1. The van der Waals surface area contributed by atoms with E-state index < -0.39 is 0 Å². The molecule has 20 heavy (non-hydrogen) atoms. The molecule has 1 rings (SSSR count). The van der Waals surface area contributed by atoms with Crippen LogP contribution in [0.5, 0.6) is 0 Å². The van der Waals surface area contributed by atoms with E-state index in [1.807, 2.05) is 4.90 Å². The molecule has 1 saturated heterocycles. The average molecular weight is 283 g/mol. The van der Waals surface area contributed by atoms with Crippen LogP contribution in [0.3, 0.4) is 0 Å². The SMILES string of the molecule is CCCN(CC1CCCCN1)C(C)C(=O)N(CC)CC. The van der Waals surface area contributed by atoms with E-state index in [0.717, 1.165) is 39.1 Å². The summed E-state index contributed by atoms with van der Waals surface area (Å²) in [5, 5.41) is 3.59. The molecule has 4 nitrogen and oxygen atoms in total. The highest BCUT2D eigenvalue weighted by atomic mass is 16.2. The molecule has 0 aromatic carbocycles. The van der Waals surface area contributed by atoms with Crippen LogP contribution in [0, 0.1) is 0 Å². The van der Waals surface area contributed by atoms with Crippen molar-refractivity contribution in [1.29, 1.82) is 0 Å². The Hall–Kier alpha value is -0.610. The number of carbonyl (C=O) groups is 1. The highest BCUT2D eigenvalue weighted by Gasteiger charge is 2.26. The summed E-state index contributed by atoms with van der Waals surface area (Å²) in [6, 6.07) is 0.556. The van der Waals surface area contributed by atoms with E-state index in [1.165, 1.54) is 19.3 Å². The molecular weight excluding hydrogens is 250 g/mol. The van der Waals surface area contributed by atoms with Crippen molar-refractivity contribution in [1.82, 2.24) is 15.1 Å². The second-order valence-corrected chi connectivity index (χ2v) is 5.83. The van der Waals surface area contributed by atoms with E-state index in [-0.39, 0.29) is 11.9 Å². The fourth-order valence-electron chi connectivity index (χ4n) is 3.05. The van der Waals surface area contributed by atoms with Crippen LogP contribution in [0.2, 0.25) is 0 Å². The molecule has 0 radical (unpaired) electrons. The van der Waals surface area contributed by atoms with Crippen molar-refractivity contribution < 1.29 is 4.79 Å². The molecule has 0 saturated carbocycles.